The molecule has 2 aliphatic rings. The number of carbonyl (C=O) groups is 2. The summed E-state index contributed by atoms with van der Waals surface area (Å²) in [5.74, 6) is -1.18. The molecule has 33 heavy (non-hydrogen) atoms. The monoisotopic (exact) mass is 467 g/mol. The molecule has 2 fully saturated rings. The summed E-state index contributed by atoms with van der Waals surface area (Å²) in [4.78, 5) is 28.4. The van der Waals surface area contributed by atoms with Crippen LogP contribution in [0.3, 0.4) is 0 Å². The van der Waals surface area contributed by atoms with Gasteiger partial charge in [-0.3, -0.25) is 9.59 Å². The van der Waals surface area contributed by atoms with Crippen molar-refractivity contribution in [2.24, 2.45) is 0 Å². The quantitative estimate of drug-likeness (QED) is 0.334. The third-order valence-electron chi connectivity index (χ3n) is 6.80. The lowest BCUT2D eigenvalue weighted by Gasteiger charge is -2.35. The van der Waals surface area contributed by atoms with Crippen LogP contribution in [0.5, 0.6) is 5.75 Å². The Morgan fingerprint density at radius 1 is 1.12 bits per heavy atom. The van der Waals surface area contributed by atoms with Crippen LogP contribution in [0.15, 0.2) is 42.0 Å². The summed E-state index contributed by atoms with van der Waals surface area (Å²) in [7, 11) is 1.47. The smallest absolute Gasteiger partial charge is 0.295 e. The van der Waals surface area contributed by atoms with Gasteiger partial charge in [0.2, 0.25) is 0 Å². The lowest BCUT2D eigenvalue weighted by molar-refractivity contribution is -0.141. The first kappa shape index (κ1) is 23.4. The number of aliphatic hydroxyl groups is 1. The van der Waals surface area contributed by atoms with Crippen LogP contribution >= 0.6 is 11.6 Å². The second kappa shape index (κ2) is 9.60. The molecule has 2 aromatic carbocycles. The molecule has 1 aliphatic carbocycles. The summed E-state index contributed by atoms with van der Waals surface area (Å²) < 4.78 is 5.45. The van der Waals surface area contributed by atoms with Crippen LogP contribution in [0, 0.1) is 6.92 Å². The number of rotatable bonds is 5. The summed E-state index contributed by atoms with van der Waals surface area (Å²) in [5, 5.41) is 11.8. The fraction of sp³-hybridized carbons (Fsp3) is 0.407. The minimum absolute atomic E-state index is 0.0284. The van der Waals surface area contributed by atoms with E-state index in [-0.39, 0.29) is 23.1 Å². The highest BCUT2D eigenvalue weighted by Gasteiger charge is 2.49. The molecule has 1 heterocycles. The molecule has 1 atom stereocenters. The Kier molecular flexibility index (Phi) is 6.80. The number of aryl methyl sites for hydroxylation is 2. The zero-order valence-electron chi connectivity index (χ0n) is 19.4. The molecular weight excluding hydrogens is 438 g/mol. The highest BCUT2D eigenvalue weighted by atomic mass is 35.5. The van der Waals surface area contributed by atoms with Crippen LogP contribution in [-0.2, 0) is 16.0 Å². The van der Waals surface area contributed by atoms with E-state index in [2.05, 4.69) is 6.92 Å². The van der Waals surface area contributed by atoms with Crippen molar-refractivity contribution < 1.29 is 19.4 Å². The molecule has 0 radical (unpaired) electrons. The Morgan fingerprint density at radius 3 is 2.39 bits per heavy atom. The number of hydrogen-bond acceptors (Lipinski definition) is 4. The Balaban J connectivity index is 1.92. The number of amides is 1. The van der Waals surface area contributed by atoms with Gasteiger partial charge in [-0.2, -0.15) is 0 Å². The number of benzene rings is 2. The second-order valence-electron chi connectivity index (χ2n) is 8.92. The lowest BCUT2D eigenvalue weighted by atomic mass is 9.90. The molecule has 174 valence electrons. The molecule has 5 nitrogen and oxygen atoms in total. The summed E-state index contributed by atoms with van der Waals surface area (Å²) in [6.07, 6.45) is 5.79. The van der Waals surface area contributed by atoms with E-state index in [0.29, 0.717) is 10.6 Å². The molecule has 0 aromatic heterocycles. The molecule has 1 N–H and O–H groups in total. The molecule has 1 unspecified atom stereocenters. The molecule has 6 heteroatoms. The van der Waals surface area contributed by atoms with E-state index in [1.54, 1.807) is 17.0 Å². The SMILES string of the molecule is CCc1ccc(C2/C(=C(\O)c3cc(C)cc(Cl)c3OC)C(=O)C(=O)N2C2CCCCC2)cc1. The number of methoxy groups -OCH3 is 1. The third-order valence-corrected chi connectivity index (χ3v) is 7.08. The van der Waals surface area contributed by atoms with Crippen LogP contribution in [0.4, 0.5) is 0 Å². The van der Waals surface area contributed by atoms with Crippen molar-refractivity contribution in [3.63, 3.8) is 0 Å². The van der Waals surface area contributed by atoms with Crippen molar-refractivity contribution >= 4 is 29.1 Å². The van der Waals surface area contributed by atoms with E-state index in [9.17, 15) is 14.7 Å². The molecular formula is C27H30ClNO4. The van der Waals surface area contributed by atoms with Gasteiger partial charge in [0.15, 0.2) is 0 Å². The van der Waals surface area contributed by atoms with E-state index < -0.39 is 17.7 Å². The van der Waals surface area contributed by atoms with E-state index in [1.165, 1.54) is 12.7 Å². The van der Waals surface area contributed by atoms with Gasteiger partial charge in [-0.05, 0) is 55.0 Å². The normalized spacial score (nSPS) is 21.0. The molecule has 0 spiro atoms. The maximum atomic E-state index is 13.4. The molecule has 1 saturated carbocycles. The Bertz CT molecular complexity index is 1100. The summed E-state index contributed by atoms with van der Waals surface area (Å²) in [6.45, 7) is 3.93. The average molecular weight is 468 g/mol. The van der Waals surface area contributed by atoms with Gasteiger partial charge >= 0.3 is 0 Å². The van der Waals surface area contributed by atoms with Crippen LogP contribution in [0.2, 0.25) is 5.02 Å². The number of nitrogens with zero attached hydrogens (tertiary/aromatic N) is 1. The predicted octanol–water partition coefficient (Wildman–Crippen LogP) is 5.97. The first-order valence-corrected chi connectivity index (χ1v) is 12.0. The van der Waals surface area contributed by atoms with Gasteiger partial charge in [-0.15, -0.1) is 0 Å². The van der Waals surface area contributed by atoms with Gasteiger partial charge in [0, 0.05) is 6.04 Å². The highest BCUT2D eigenvalue weighted by molar-refractivity contribution is 6.46. The van der Waals surface area contributed by atoms with Gasteiger partial charge in [0.05, 0.1) is 29.3 Å². The maximum absolute atomic E-state index is 13.4. The van der Waals surface area contributed by atoms with Gasteiger partial charge in [-0.25, -0.2) is 0 Å². The fourth-order valence-electron chi connectivity index (χ4n) is 5.11. The molecule has 2 aromatic rings. The van der Waals surface area contributed by atoms with Crippen molar-refractivity contribution in [3.05, 3.63) is 69.2 Å². The minimum atomic E-state index is -0.665. The van der Waals surface area contributed by atoms with Crippen molar-refractivity contribution in [1.29, 1.82) is 0 Å². The largest absolute Gasteiger partial charge is 0.507 e. The molecule has 0 bridgehead atoms. The van der Waals surface area contributed by atoms with Crippen molar-refractivity contribution in [2.45, 2.75) is 64.5 Å². The summed E-state index contributed by atoms with van der Waals surface area (Å²) >= 11 is 6.37. The number of carbonyl (C=O) groups excluding carboxylic acids is 2. The van der Waals surface area contributed by atoms with E-state index in [1.807, 2.05) is 31.2 Å². The lowest BCUT2D eigenvalue weighted by Crippen LogP contribution is -2.40. The van der Waals surface area contributed by atoms with Crippen molar-refractivity contribution in [3.8, 4) is 5.75 Å². The van der Waals surface area contributed by atoms with E-state index >= 15 is 0 Å². The standard InChI is InChI=1S/C27H30ClNO4/c1-4-17-10-12-18(13-11-17)23-22(24(30)20-14-16(2)15-21(28)26(20)33-3)25(31)27(32)29(23)19-8-6-5-7-9-19/h10-15,19,23,30H,4-9H2,1-3H3/b24-22+. The molecule has 1 saturated heterocycles. The van der Waals surface area contributed by atoms with Gasteiger partial charge < -0.3 is 14.7 Å². The molecule has 1 aliphatic heterocycles. The summed E-state index contributed by atoms with van der Waals surface area (Å²) in [6, 6.07) is 10.7. The number of ether oxygens (including phenoxy) is 1. The number of halogens is 1. The number of aliphatic hydroxyl groups excluding tert-OH is 1. The zero-order valence-corrected chi connectivity index (χ0v) is 20.1. The van der Waals surface area contributed by atoms with Gasteiger partial charge in [0.1, 0.15) is 11.5 Å². The number of ketones is 1. The second-order valence-corrected chi connectivity index (χ2v) is 9.33. The van der Waals surface area contributed by atoms with E-state index in [4.69, 9.17) is 16.3 Å². The predicted molar refractivity (Wildman–Crippen MR) is 130 cm³/mol. The van der Waals surface area contributed by atoms with Gasteiger partial charge in [0.25, 0.3) is 11.7 Å². The number of likely N-dealkylation sites (tertiary alicyclic amines) is 1. The molecule has 4 rings (SSSR count). The number of hydrogen-bond donors (Lipinski definition) is 1. The zero-order chi connectivity index (χ0) is 23.7. The molecule has 1 amide bonds. The van der Waals surface area contributed by atoms with E-state index in [0.717, 1.165) is 49.7 Å². The third kappa shape index (κ3) is 4.26. The van der Waals surface area contributed by atoms with Crippen LogP contribution in [-0.4, -0.2) is 34.8 Å². The first-order chi connectivity index (χ1) is 15.9. The fourth-order valence-corrected chi connectivity index (χ4v) is 5.46. The number of Topliss-reactive ketones (excluding diaryl/α,β-unsaturated/α-hetero) is 1. The Morgan fingerprint density at radius 2 is 1.79 bits per heavy atom. The van der Waals surface area contributed by atoms with Crippen molar-refractivity contribution in [2.75, 3.05) is 7.11 Å². The van der Waals surface area contributed by atoms with Crippen LogP contribution in [0.1, 0.15) is 67.3 Å². The maximum Gasteiger partial charge on any atom is 0.295 e. The first-order valence-electron chi connectivity index (χ1n) is 11.6. The van der Waals surface area contributed by atoms with Crippen LogP contribution in [0.25, 0.3) is 5.76 Å². The van der Waals surface area contributed by atoms with Crippen molar-refractivity contribution in [1.82, 2.24) is 4.90 Å². The topological polar surface area (TPSA) is 66.8 Å². The average Bonchev–Trinajstić information content (AvgIpc) is 3.09. The Hall–Kier alpha value is -2.79. The minimum Gasteiger partial charge on any atom is -0.507 e. The van der Waals surface area contributed by atoms with Gasteiger partial charge in [-0.1, -0.05) is 62.1 Å². The summed E-state index contributed by atoms with van der Waals surface area (Å²) in [5.41, 5.74) is 3.21. The van der Waals surface area contributed by atoms with Crippen LogP contribution < -0.4 is 4.74 Å². The highest BCUT2D eigenvalue weighted by Crippen LogP contribution is 2.45. The Labute approximate surface area is 200 Å².